The van der Waals surface area contributed by atoms with Crippen molar-refractivity contribution in [2.24, 2.45) is 16.2 Å². The maximum Gasteiger partial charge on any atom is 0.0276 e. The second kappa shape index (κ2) is 7.14. The molecule has 1 heterocycles. The minimum absolute atomic E-state index is 0.178. The molecule has 24 heavy (non-hydrogen) atoms. The van der Waals surface area contributed by atoms with E-state index in [9.17, 15) is 0 Å². The molecule has 0 aromatic carbocycles. The van der Waals surface area contributed by atoms with Crippen molar-refractivity contribution in [3.05, 3.63) is 0 Å². The van der Waals surface area contributed by atoms with Gasteiger partial charge in [-0.3, -0.25) is 4.90 Å². The van der Waals surface area contributed by atoms with Crippen LogP contribution in [-0.2, 0) is 0 Å². The van der Waals surface area contributed by atoms with Crippen LogP contribution in [0.5, 0.6) is 0 Å². The Hall–Kier alpha value is 0.310. The van der Waals surface area contributed by atoms with Gasteiger partial charge in [0, 0.05) is 22.9 Å². The van der Waals surface area contributed by atoms with Crippen molar-refractivity contribution in [2.45, 2.75) is 119 Å². The molecule has 2 heteroatoms. The molecule has 1 aliphatic heterocycles. The molecular formula is C22H45NS. The molecule has 1 aliphatic rings. The molecule has 1 nitrogen and oxygen atoms in total. The predicted molar refractivity (Wildman–Crippen MR) is 113 cm³/mol. The molecule has 0 saturated carbocycles. The standard InChI is InChI=1S/C22H45NS/c1-19(2,3)16-14-13-15-24-18(21(7,8)9)17(20(4,5)6)23(16)22(10,11)12/h16-18H,13-15H2,1-12H3. The van der Waals surface area contributed by atoms with Crippen molar-refractivity contribution in [1.29, 1.82) is 0 Å². The third kappa shape index (κ3) is 5.40. The quantitative estimate of drug-likeness (QED) is 0.467. The summed E-state index contributed by atoms with van der Waals surface area (Å²) in [6.07, 6.45) is 2.65. The van der Waals surface area contributed by atoms with Gasteiger partial charge in [-0.25, -0.2) is 0 Å². The lowest BCUT2D eigenvalue weighted by Gasteiger charge is -2.59. The van der Waals surface area contributed by atoms with Gasteiger partial charge in [0.1, 0.15) is 0 Å². The van der Waals surface area contributed by atoms with Crippen LogP contribution in [0.2, 0.25) is 0 Å². The second-order valence-electron chi connectivity index (χ2n) is 12.1. The van der Waals surface area contributed by atoms with Gasteiger partial charge in [0.25, 0.3) is 0 Å². The first-order valence-electron chi connectivity index (χ1n) is 9.87. The van der Waals surface area contributed by atoms with E-state index < -0.39 is 0 Å². The first kappa shape index (κ1) is 22.4. The first-order valence-corrected chi connectivity index (χ1v) is 10.9. The lowest BCUT2D eigenvalue weighted by Crippen LogP contribution is -2.66. The fourth-order valence-electron chi connectivity index (χ4n) is 4.39. The molecule has 1 rings (SSSR count). The molecule has 1 saturated heterocycles. The zero-order chi connectivity index (χ0) is 19.1. The minimum atomic E-state index is 0.178. The molecule has 0 bridgehead atoms. The smallest absolute Gasteiger partial charge is 0.0276 e. The molecule has 3 atom stereocenters. The second-order valence-corrected chi connectivity index (χ2v) is 13.3. The molecule has 0 radical (unpaired) electrons. The average molecular weight is 356 g/mol. The molecular weight excluding hydrogens is 310 g/mol. The maximum atomic E-state index is 2.93. The van der Waals surface area contributed by atoms with Crippen molar-refractivity contribution in [1.82, 2.24) is 4.90 Å². The lowest BCUT2D eigenvalue weighted by atomic mass is 9.71. The summed E-state index contributed by atoms with van der Waals surface area (Å²) in [5, 5.41) is 0.655. The summed E-state index contributed by atoms with van der Waals surface area (Å²) in [7, 11) is 0. The van der Waals surface area contributed by atoms with Gasteiger partial charge in [-0.1, -0.05) is 62.3 Å². The molecule has 1 fully saturated rings. The zero-order valence-electron chi connectivity index (χ0n) is 18.7. The van der Waals surface area contributed by atoms with Crippen LogP contribution in [0, 0.1) is 16.2 Å². The van der Waals surface area contributed by atoms with Gasteiger partial charge in [0.05, 0.1) is 0 Å². The summed E-state index contributed by atoms with van der Waals surface area (Å²) < 4.78 is 0. The van der Waals surface area contributed by atoms with Gasteiger partial charge in [-0.2, -0.15) is 11.8 Å². The summed E-state index contributed by atoms with van der Waals surface area (Å²) in [4.78, 5) is 2.93. The molecule has 3 unspecified atom stereocenters. The highest BCUT2D eigenvalue weighted by Gasteiger charge is 2.50. The molecule has 0 amide bonds. The minimum Gasteiger partial charge on any atom is -0.290 e. The Labute approximate surface area is 157 Å². The van der Waals surface area contributed by atoms with Crippen molar-refractivity contribution < 1.29 is 0 Å². The zero-order valence-corrected chi connectivity index (χ0v) is 19.5. The van der Waals surface area contributed by atoms with E-state index in [0.29, 0.717) is 28.2 Å². The Kier molecular flexibility index (Phi) is 6.65. The van der Waals surface area contributed by atoms with Crippen molar-refractivity contribution in [2.75, 3.05) is 5.75 Å². The highest BCUT2D eigenvalue weighted by atomic mass is 32.2. The summed E-state index contributed by atoms with van der Waals surface area (Å²) in [5.41, 5.74) is 1.06. The van der Waals surface area contributed by atoms with Gasteiger partial charge in [0.2, 0.25) is 0 Å². The largest absolute Gasteiger partial charge is 0.290 e. The SMILES string of the molecule is CC(C)(C)C1SCCCC(C(C)(C)C)N(C(C)(C)C)C1C(C)(C)C. The Bertz CT molecular complexity index is 360. The number of thioether (sulfide) groups is 1. The molecule has 0 spiro atoms. The van der Waals surface area contributed by atoms with Crippen LogP contribution in [-0.4, -0.2) is 33.5 Å². The van der Waals surface area contributed by atoms with Crippen LogP contribution in [0.3, 0.4) is 0 Å². The molecule has 0 aromatic rings. The van der Waals surface area contributed by atoms with E-state index >= 15 is 0 Å². The Balaban J connectivity index is 3.57. The fourth-order valence-corrected chi connectivity index (χ4v) is 6.20. The predicted octanol–water partition coefficient (Wildman–Crippen LogP) is 6.86. The average Bonchev–Trinajstić information content (AvgIpc) is 2.20. The van der Waals surface area contributed by atoms with E-state index in [4.69, 9.17) is 0 Å². The van der Waals surface area contributed by atoms with Crippen molar-refractivity contribution in [3.63, 3.8) is 0 Å². The topological polar surface area (TPSA) is 3.24 Å². The van der Waals surface area contributed by atoms with Crippen LogP contribution in [0.1, 0.15) is 95.9 Å². The van der Waals surface area contributed by atoms with E-state index in [1.165, 1.54) is 18.6 Å². The highest BCUT2D eigenvalue weighted by molar-refractivity contribution is 8.00. The normalized spacial score (nSPS) is 29.2. The summed E-state index contributed by atoms with van der Waals surface area (Å²) in [5.74, 6) is 1.30. The van der Waals surface area contributed by atoms with Gasteiger partial charge in [0.15, 0.2) is 0 Å². The fraction of sp³-hybridized carbons (Fsp3) is 1.00. The van der Waals surface area contributed by atoms with Gasteiger partial charge in [-0.05, 0) is 55.6 Å². The molecule has 0 N–H and O–H groups in total. The van der Waals surface area contributed by atoms with E-state index in [1.54, 1.807) is 0 Å². The van der Waals surface area contributed by atoms with Crippen LogP contribution in [0.4, 0.5) is 0 Å². The van der Waals surface area contributed by atoms with Crippen LogP contribution >= 0.6 is 11.8 Å². The molecule has 0 aromatic heterocycles. The maximum absolute atomic E-state index is 2.93. The van der Waals surface area contributed by atoms with Crippen molar-refractivity contribution >= 4 is 11.8 Å². The summed E-state index contributed by atoms with van der Waals surface area (Å²) in [6, 6.07) is 1.21. The van der Waals surface area contributed by atoms with Gasteiger partial charge >= 0.3 is 0 Å². The number of rotatable bonds is 0. The van der Waals surface area contributed by atoms with E-state index in [1.807, 2.05) is 0 Å². The lowest BCUT2D eigenvalue weighted by molar-refractivity contribution is -0.0664. The van der Waals surface area contributed by atoms with E-state index in [0.717, 1.165) is 0 Å². The Morgan fingerprint density at radius 3 is 1.54 bits per heavy atom. The van der Waals surface area contributed by atoms with E-state index in [2.05, 4.69) is 99.7 Å². The van der Waals surface area contributed by atoms with Crippen LogP contribution < -0.4 is 0 Å². The van der Waals surface area contributed by atoms with Crippen LogP contribution in [0.25, 0.3) is 0 Å². The highest BCUT2D eigenvalue weighted by Crippen LogP contribution is 2.48. The third-order valence-electron chi connectivity index (χ3n) is 5.36. The molecule has 0 aliphatic carbocycles. The summed E-state index contributed by atoms with van der Waals surface area (Å²) in [6.45, 7) is 29.3. The summed E-state index contributed by atoms with van der Waals surface area (Å²) >= 11 is 2.23. The first-order chi connectivity index (χ1) is 10.5. The van der Waals surface area contributed by atoms with Gasteiger partial charge < -0.3 is 0 Å². The monoisotopic (exact) mass is 355 g/mol. The van der Waals surface area contributed by atoms with Crippen LogP contribution in [0.15, 0.2) is 0 Å². The Morgan fingerprint density at radius 1 is 0.708 bits per heavy atom. The Morgan fingerprint density at radius 2 is 1.21 bits per heavy atom. The number of hydrogen-bond acceptors (Lipinski definition) is 2. The molecule has 144 valence electrons. The van der Waals surface area contributed by atoms with Gasteiger partial charge in [-0.15, -0.1) is 0 Å². The number of nitrogens with zero attached hydrogens (tertiary/aromatic N) is 1. The van der Waals surface area contributed by atoms with Crippen molar-refractivity contribution in [3.8, 4) is 0 Å². The number of hydrogen-bond donors (Lipinski definition) is 0. The van der Waals surface area contributed by atoms with E-state index in [-0.39, 0.29) is 11.0 Å². The third-order valence-corrected chi connectivity index (χ3v) is 7.21.